The van der Waals surface area contributed by atoms with Gasteiger partial charge < -0.3 is 15.4 Å². The van der Waals surface area contributed by atoms with Crippen LogP contribution in [-0.4, -0.2) is 24.2 Å². The highest BCUT2D eigenvalue weighted by molar-refractivity contribution is 5.74. The molecule has 0 saturated heterocycles. The van der Waals surface area contributed by atoms with Crippen molar-refractivity contribution < 1.29 is 13.9 Å². The summed E-state index contributed by atoms with van der Waals surface area (Å²) < 4.78 is 18.8. The van der Waals surface area contributed by atoms with Crippen LogP contribution in [0, 0.1) is 5.82 Å². The van der Waals surface area contributed by atoms with Crippen LogP contribution < -0.4 is 15.4 Å². The Kier molecular flexibility index (Phi) is 5.36. The molecule has 2 saturated carbocycles. The molecule has 126 valence electrons. The standard InChI is InChI=1S/C18H25FN2O2/c19-13-5-9-16(10-6-13)23-17-11-7-15(8-12-17)21-18(22)20-14-3-1-2-4-14/h5-6,9-10,14-15,17H,1-4,7-8,11-12H2,(H2,20,21,22). The van der Waals surface area contributed by atoms with E-state index in [1.807, 2.05) is 0 Å². The highest BCUT2D eigenvalue weighted by Crippen LogP contribution is 2.24. The molecule has 4 nitrogen and oxygen atoms in total. The molecule has 1 aromatic rings. The fourth-order valence-corrected chi connectivity index (χ4v) is 3.51. The first-order valence-electron chi connectivity index (χ1n) is 8.68. The summed E-state index contributed by atoms with van der Waals surface area (Å²) in [5.74, 6) is 0.459. The second-order valence-electron chi connectivity index (χ2n) is 6.64. The minimum Gasteiger partial charge on any atom is -0.490 e. The Hall–Kier alpha value is -1.78. The zero-order valence-corrected chi connectivity index (χ0v) is 13.4. The molecule has 3 rings (SSSR count). The second kappa shape index (κ2) is 7.66. The predicted molar refractivity (Wildman–Crippen MR) is 87.0 cm³/mol. The highest BCUT2D eigenvalue weighted by Gasteiger charge is 2.24. The van der Waals surface area contributed by atoms with Crippen molar-refractivity contribution in [3.63, 3.8) is 0 Å². The van der Waals surface area contributed by atoms with E-state index in [-0.39, 0.29) is 24.0 Å². The zero-order chi connectivity index (χ0) is 16.1. The van der Waals surface area contributed by atoms with Gasteiger partial charge in [-0.2, -0.15) is 0 Å². The minimum absolute atomic E-state index is 0.0280. The first-order valence-corrected chi connectivity index (χ1v) is 8.68. The molecule has 2 aliphatic rings. The van der Waals surface area contributed by atoms with Gasteiger partial charge in [-0.3, -0.25) is 0 Å². The van der Waals surface area contributed by atoms with Crippen molar-refractivity contribution in [1.82, 2.24) is 10.6 Å². The third kappa shape index (κ3) is 4.85. The molecule has 2 fully saturated rings. The van der Waals surface area contributed by atoms with Crippen LogP contribution in [0.5, 0.6) is 5.75 Å². The van der Waals surface area contributed by atoms with Crippen LogP contribution in [0.4, 0.5) is 9.18 Å². The van der Waals surface area contributed by atoms with Gasteiger partial charge >= 0.3 is 6.03 Å². The summed E-state index contributed by atoms with van der Waals surface area (Å²) in [6.45, 7) is 0. The smallest absolute Gasteiger partial charge is 0.315 e. The van der Waals surface area contributed by atoms with Crippen molar-refractivity contribution in [3.8, 4) is 5.75 Å². The fourth-order valence-electron chi connectivity index (χ4n) is 3.51. The van der Waals surface area contributed by atoms with E-state index in [2.05, 4.69) is 10.6 Å². The van der Waals surface area contributed by atoms with Crippen LogP contribution in [0.25, 0.3) is 0 Å². The van der Waals surface area contributed by atoms with Crippen LogP contribution in [0.1, 0.15) is 51.4 Å². The molecule has 23 heavy (non-hydrogen) atoms. The third-order valence-electron chi connectivity index (χ3n) is 4.82. The maximum Gasteiger partial charge on any atom is 0.315 e. The number of benzene rings is 1. The van der Waals surface area contributed by atoms with Gasteiger partial charge in [0.2, 0.25) is 0 Å². The normalized spacial score (nSPS) is 25.1. The summed E-state index contributed by atoms with van der Waals surface area (Å²) in [5.41, 5.74) is 0. The number of carbonyl (C=O) groups is 1. The van der Waals surface area contributed by atoms with Gasteiger partial charge in [0.15, 0.2) is 0 Å². The molecule has 0 heterocycles. The molecule has 2 aliphatic carbocycles. The van der Waals surface area contributed by atoms with E-state index in [9.17, 15) is 9.18 Å². The zero-order valence-electron chi connectivity index (χ0n) is 13.4. The van der Waals surface area contributed by atoms with E-state index in [0.29, 0.717) is 11.8 Å². The lowest BCUT2D eigenvalue weighted by atomic mass is 9.93. The second-order valence-corrected chi connectivity index (χ2v) is 6.64. The van der Waals surface area contributed by atoms with Crippen LogP contribution in [0.15, 0.2) is 24.3 Å². The average molecular weight is 320 g/mol. The lowest BCUT2D eigenvalue weighted by molar-refractivity contribution is 0.140. The Bertz CT molecular complexity index is 506. The molecule has 0 aliphatic heterocycles. The van der Waals surface area contributed by atoms with E-state index in [1.165, 1.54) is 25.0 Å². The number of urea groups is 1. The molecular weight excluding hydrogens is 295 g/mol. The predicted octanol–water partition coefficient (Wildman–Crippen LogP) is 3.76. The molecule has 2 amide bonds. The van der Waals surface area contributed by atoms with Gasteiger partial charge in [0.25, 0.3) is 0 Å². The highest BCUT2D eigenvalue weighted by atomic mass is 19.1. The number of ether oxygens (including phenoxy) is 1. The summed E-state index contributed by atoms with van der Waals surface area (Å²) in [6.07, 6.45) is 8.45. The monoisotopic (exact) mass is 320 g/mol. The van der Waals surface area contributed by atoms with Crippen molar-refractivity contribution in [2.24, 2.45) is 0 Å². The van der Waals surface area contributed by atoms with Crippen molar-refractivity contribution in [2.75, 3.05) is 0 Å². The maximum atomic E-state index is 12.9. The average Bonchev–Trinajstić information content (AvgIpc) is 3.04. The molecular formula is C18H25FN2O2. The van der Waals surface area contributed by atoms with E-state index in [4.69, 9.17) is 4.74 Å². The van der Waals surface area contributed by atoms with E-state index in [1.54, 1.807) is 12.1 Å². The summed E-state index contributed by atoms with van der Waals surface area (Å²) in [6, 6.07) is 6.70. The topological polar surface area (TPSA) is 50.4 Å². The molecule has 0 atom stereocenters. The molecule has 5 heteroatoms. The van der Waals surface area contributed by atoms with Gasteiger partial charge in [0.1, 0.15) is 11.6 Å². The quantitative estimate of drug-likeness (QED) is 0.887. The number of hydrogen-bond acceptors (Lipinski definition) is 2. The minimum atomic E-state index is -0.251. The van der Waals surface area contributed by atoms with Gasteiger partial charge in [0, 0.05) is 12.1 Å². The van der Waals surface area contributed by atoms with Crippen LogP contribution in [0.3, 0.4) is 0 Å². The number of hydrogen-bond donors (Lipinski definition) is 2. The largest absolute Gasteiger partial charge is 0.490 e. The molecule has 0 aromatic heterocycles. The summed E-state index contributed by atoms with van der Waals surface area (Å²) in [4.78, 5) is 12.0. The van der Waals surface area contributed by atoms with Crippen molar-refractivity contribution in [1.29, 1.82) is 0 Å². The van der Waals surface area contributed by atoms with E-state index >= 15 is 0 Å². The first-order chi connectivity index (χ1) is 11.2. The lowest BCUT2D eigenvalue weighted by Crippen LogP contribution is -2.47. The third-order valence-corrected chi connectivity index (χ3v) is 4.82. The Morgan fingerprint density at radius 1 is 0.913 bits per heavy atom. The van der Waals surface area contributed by atoms with Crippen LogP contribution in [-0.2, 0) is 0 Å². The lowest BCUT2D eigenvalue weighted by Gasteiger charge is -2.30. The molecule has 2 N–H and O–H groups in total. The Morgan fingerprint density at radius 2 is 1.48 bits per heavy atom. The molecule has 0 unspecified atom stereocenters. The van der Waals surface area contributed by atoms with Crippen LogP contribution >= 0.6 is 0 Å². The van der Waals surface area contributed by atoms with Gasteiger partial charge in [-0.1, -0.05) is 12.8 Å². The van der Waals surface area contributed by atoms with Crippen molar-refractivity contribution in [3.05, 3.63) is 30.1 Å². The fraction of sp³-hybridized carbons (Fsp3) is 0.611. The van der Waals surface area contributed by atoms with E-state index in [0.717, 1.165) is 38.5 Å². The number of carbonyl (C=O) groups excluding carboxylic acids is 1. The Labute approximate surface area is 136 Å². The van der Waals surface area contributed by atoms with Crippen molar-refractivity contribution >= 4 is 6.03 Å². The first kappa shape index (κ1) is 16.1. The van der Waals surface area contributed by atoms with Gasteiger partial charge in [-0.15, -0.1) is 0 Å². The number of halogens is 1. The van der Waals surface area contributed by atoms with Gasteiger partial charge in [-0.25, -0.2) is 9.18 Å². The van der Waals surface area contributed by atoms with Crippen molar-refractivity contribution in [2.45, 2.75) is 69.6 Å². The molecule has 0 spiro atoms. The van der Waals surface area contributed by atoms with Gasteiger partial charge in [0.05, 0.1) is 6.10 Å². The maximum absolute atomic E-state index is 12.9. The Balaban J connectivity index is 1.37. The molecule has 0 bridgehead atoms. The molecule has 1 aromatic carbocycles. The Morgan fingerprint density at radius 3 is 2.09 bits per heavy atom. The number of nitrogens with one attached hydrogen (secondary N) is 2. The summed E-state index contributed by atoms with van der Waals surface area (Å²) in [5, 5.41) is 6.15. The number of rotatable bonds is 4. The van der Waals surface area contributed by atoms with E-state index < -0.39 is 0 Å². The summed E-state index contributed by atoms with van der Waals surface area (Å²) in [7, 11) is 0. The SMILES string of the molecule is O=C(NC1CCCC1)NC1CCC(Oc2ccc(F)cc2)CC1. The summed E-state index contributed by atoms with van der Waals surface area (Å²) >= 11 is 0. The number of amides is 2. The molecule has 0 radical (unpaired) electrons. The van der Waals surface area contributed by atoms with Crippen LogP contribution in [0.2, 0.25) is 0 Å². The van der Waals surface area contributed by atoms with Gasteiger partial charge in [-0.05, 0) is 62.8 Å².